The molecule has 0 spiro atoms. The fourth-order valence-electron chi connectivity index (χ4n) is 1.42. The van der Waals surface area contributed by atoms with Gasteiger partial charge in [-0.15, -0.1) is 0 Å². The second-order valence-electron chi connectivity index (χ2n) is 4.42. The number of rotatable bonds is 5. The van der Waals surface area contributed by atoms with Crippen LogP contribution in [0.4, 0.5) is 5.69 Å². The normalized spacial score (nSPS) is 10.2. The van der Waals surface area contributed by atoms with E-state index in [2.05, 4.69) is 24.5 Å². The van der Waals surface area contributed by atoms with Gasteiger partial charge < -0.3 is 20.1 Å². The molecule has 0 aliphatic heterocycles. The molecule has 2 N–H and O–H groups in total. The van der Waals surface area contributed by atoms with Crippen LogP contribution in [-0.2, 0) is 0 Å². The van der Waals surface area contributed by atoms with E-state index in [1.165, 1.54) is 0 Å². The Morgan fingerprint density at radius 2 is 1.89 bits per heavy atom. The lowest BCUT2D eigenvalue weighted by molar-refractivity contribution is 0.405. The van der Waals surface area contributed by atoms with Gasteiger partial charge >= 0.3 is 0 Å². The molecule has 0 fully saturated rings. The van der Waals surface area contributed by atoms with Gasteiger partial charge in [0.2, 0.25) is 0 Å². The lowest BCUT2D eigenvalue weighted by Crippen LogP contribution is -2.31. The van der Waals surface area contributed by atoms with Gasteiger partial charge in [-0.05, 0) is 18.1 Å². The lowest BCUT2D eigenvalue weighted by atomic mass is 10.2. The summed E-state index contributed by atoms with van der Waals surface area (Å²) >= 11 is 11.3. The predicted molar refractivity (Wildman–Crippen MR) is 83.6 cm³/mol. The third-order valence-corrected chi connectivity index (χ3v) is 2.93. The zero-order chi connectivity index (χ0) is 14.4. The maximum atomic E-state index is 6.04. The highest BCUT2D eigenvalue weighted by Gasteiger charge is 2.11. The number of anilines is 1. The van der Waals surface area contributed by atoms with E-state index >= 15 is 0 Å². The number of hydrogen-bond donors (Lipinski definition) is 2. The molecular formula is C13H19ClN2O2S. The highest BCUT2D eigenvalue weighted by Crippen LogP contribution is 2.35. The van der Waals surface area contributed by atoms with Crippen molar-refractivity contribution >= 4 is 34.6 Å². The quantitative estimate of drug-likeness (QED) is 0.817. The van der Waals surface area contributed by atoms with E-state index in [0.29, 0.717) is 33.2 Å². The molecular weight excluding hydrogens is 284 g/mol. The molecule has 0 saturated heterocycles. The van der Waals surface area contributed by atoms with E-state index in [0.717, 1.165) is 6.54 Å². The fourth-order valence-corrected chi connectivity index (χ4v) is 1.85. The van der Waals surface area contributed by atoms with Crippen LogP contribution in [-0.4, -0.2) is 25.9 Å². The number of benzene rings is 1. The average molecular weight is 303 g/mol. The molecule has 0 amide bonds. The van der Waals surface area contributed by atoms with Gasteiger partial charge in [-0.3, -0.25) is 0 Å². The van der Waals surface area contributed by atoms with Crippen molar-refractivity contribution in [3.05, 3.63) is 17.2 Å². The van der Waals surface area contributed by atoms with Gasteiger partial charge in [0, 0.05) is 18.7 Å². The summed E-state index contributed by atoms with van der Waals surface area (Å²) in [6.45, 7) is 5.03. The SMILES string of the molecule is COc1cc(NC(=S)NCC(C)C)c(OC)cc1Cl. The third kappa shape index (κ3) is 4.76. The van der Waals surface area contributed by atoms with Crippen LogP contribution < -0.4 is 20.1 Å². The van der Waals surface area contributed by atoms with Crippen molar-refractivity contribution in [2.24, 2.45) is 5.92 Å². The van der Waals surface area contributed by atoms with Crippen LogP contribution in [0.1, 0.15) is 13.8 Å². The van der Waals surface area contributed by atoms with E-state index in [4.69, 9.17) is 33.3 Å². The molecule has 0 saturated carbocycles. The van der Waals surface area contributed by atoms with E-state index < -0.39 is 0 Å². The van der Waals surface area contributed by atoms with Gasteiger partial charge in [0.25, 0.3) is 0 Å². The second-order valence-corrected chi connectivity index (χ2v) is 5.23. The van der Waals surface area contributed by atoms with Crippen LogP contribution in [0.15, 0.2) is 12.1 Å². The van der Waals surface area contributed by atoms with Crippen molar-refractivity contribution in [3.63, 3.8) is 0 Å². The van der Waals surface area contributed by atoms with Crippen molar-refractivity contribution in [1.82, 2.24) is 5.32 Å². The van der Waals surface area contributed by atoms with Gasteiger partial charge in [-0.25, -0.2) is 0 Å². The molecule has 0 heterocycles. The summed E-state index contributed by atoms with van der Waals surface area (Å²) in [4.78, 5) is 0. The molecule has 0 unspecified atom stereocenters. The van der Waals surface area contributed by atoms with Gasteiger partial charge in [0.15, 0.2) is 5.11 Å². The van der Waals surface area contributed by atoms with E-state index in [1.54, 1.807) is 26.4 Å². The number of ether oxygens (including phenoxy) is 2. The van der Waals surface area contributed by atoms with Gasteiger partial charge in [-0.2, -0.15) is 0 Å². The first-order valence-electron chi connectivity index (χ1n) is 5.94. The van der Waals surface area contributed by atoms with Crippen LogP contribution in [0.25, 0.3) is 0 Å². The summed E-state index contributed by atoms with van der Waals surface area (Å²) in [7, 11) is 3.14. The molecule has 1 rings (SSSR count). The predicted octanol–water partition coefficient (Wildman–Crippen LogP) is 3.30. The number of halogens is 1. The molecule has 4 nitrogen and oxygen atoms in total. The molecule has 0 radical (unpaired) electrons. The van der Waals surface area contributed by atoms with Crippen molar-refractivity contribution in [3.8, 4) is 11.5 Å². The first-order chi connectivity index (χ1) is 8.97. The van der Waals surface area contributed by atoms with Crippen LogP contribution in [0.5, 0.6) is 11.5 Å². The Bertz CT molecular complexity index is 453. The summed E-state index contributed by atoms with van der Waals surface area (Å²) in [5.41, 5.74) is 0.713. The molecule has 0 aromatic heterocycles. The Morgan fingerprint density at radius 3 is 2.42 bits per heavy atom. The van der Waals surface area contributed by atoms with Gasteiger partial charge in [0.1, 0.15) is 11.5 Å². The minimum absolute atomic E-state index is 0.492. The molecule has 0 bridgehead atoms. The Balaban J connectivity index is 2.84. The van der Waals surface area contributed by atoms with Crippen molar-refractivity contribution in [2.45, 2.75) is 13.8 Å². The highest BCUT2D eigenvalue weighted by atomic mass is 35.5. The Hall–Kier alpha value is -1.20. The first-order valence-corrected chi connectivity index (χ1v) is 6.73. The van der Waals surface area contributed by atoms with Crippen molar-refractivity contribution in [2.75, 3.05) is 26.1 Å². The minimum atomic E-state index is 0.492. The van der Waals surface area contributed by atoms with Crippen LogP contribution >= 0.6 is 23.8 Å². The van der Waals surface area contributed by atoms with Gasteiger partial charge in [0.05, 0.1) is 24.9 Å². The number of nitrogens with one attached hydrogen (secondary N) is 2. The van der Waals surface area contributed by atoms with Crippen molar-refractivity contribution < 1.29 is 9.47 Å². The van der Waals surface area contributed by atoms with E-state index in [-0.39, 0.29) is 0 Å². The zero-order valence-corrected chi connectivity index (χ0v) is 13.1. The smallest absolute Gasteiger partial charge is 0.170 e. The zero-order valence-electron chi connectivity index (χ0n) is 11.5. The Kier molecular flexibility index (Phi) is 6.18. The summed E-state index contributed by atoms with van der Waals surface area (Å²) in [6.07, 6.45) is 0. The van der Waals surface area contributed by atoms with Crippen molar-refractivity contribution in [1.29, 1.82) is 0 Å². The Morgan fingerprint density at radius 1 is 1.26 bits per heavy atom. The fraction of sp³-hybridized carbons (Fsp3) is 0.462. The average Bonchev–Trinajstić information content (AvgIpc) is 2.37. The molecule has 6 heteroatoms. The number of thiocarbonyl (C=S) groups is 1. The number of hydrogen-bond acceptors (Lipinski definition) is 3. The second kappa shape index (κ2) is 7.40. The minimum Gasteiger partial charge on any atom is -0.495 e. The molecule has 1 aromatic rings. The van der Waals surface area contributed by atoms with Crippen LogP contribution in [0.3, 0.4) is 0 Å². The standard InChI is InChI=1S/C13H19ClN2O2S/c1-8(2)7-15-13(19)16-10-6-11(17-3)9(14)5-12(10)18-4/h5-6,8H,7H2,1-4H3,(H2,15,16,19). The molecule has 19 heavy (non-hydrogen) atoms. The topological polar surface area (TPSA) is 42.5 Å². The summed E-state index contributed by atoms with van der Waals surface area (Å²) in [5.74, 6) is 1.69. The largest absolute Gasteiger partial charge is 0.495 e. The maximum Gasteiger partial charge on any atom is 0.170 e. The van der Waals surface area contributed by atoms with Crippen LogP contribution in [0, 0.1) is 5.92 Å². The maximum absolute atomic E-state index is 6.04. The molecule has 1 aromatic carbocycles. The van der Waals surface area contributed by atoms with Gasteiger partial charge in [-0.1, -0.05) is 25.4 Å². The lowest BCUT2D eigenvalue weighted by Gasteiger charge is -2.16. The van der Waals surface area contributed by atoms with E-state index in [9.17, 15) is 0 Å². The Labute approximate surface area is 124 Å². The molecule has 0 atom stereocenters. The molecule has 0 aliphatic rings. The summed E-state index contributed by atoms with van der Waals surface area (Å²) < 4.78 is 10.4. The number of methoxy groups -OCH3 is 2. The highest BCUT2D eigenvalue weighted by molar-refractivity contribution is 7.80. The monoisotopic (exact) mass is 302 g/mol. The summed E-state index contributed by atoms with van der Waals surface area (Å²) in [6, 6.07) is 3.44. The summed E-state index contributed by atoms with van der Waals surface area (Å²) in [5, 5.41) is 7.23. The first kappa shape index (κ1) is 15.9. The van der Waals surface area contributed by atoms with E-state index in [1.807, 2.05) is 0 Å². The molecule has 106 valence electrons. The van der Waals surface area contributed by atoms with Crippen LogP contribution in [0.2, 0.25) is 5.02 Å². The third-order valence-electron chi connectivity index (χ3n) is 2.39. The molecule has 0 aliphatic carbocycles.